The molecule has 2 aliphatic carbocycles. The Hall–Kier alpha value is -1.85. The number of amides is 2. The fourth-order valence-corrected chi connectivity index (χ4v) is 5.44. The monoisotopic (exact) mass is 400 g/mol. The van der Waals surface area contributed by atoms with Crippen LogP contribution in [0.3, 0.4) is 0 Å². The molecule has 2 atom stereocenters. The van der Waals surface area contributed by atoms with E-state index in [0.717, 1.165) is 69.9 Å². The maximum Gasteiger partial charge on any atom is 0.243 e. The van der Waals surface area contributed by atoms with Crippen LogP contribution in [0.1, 0.15) is 95.9 Å². The van der Waals surface area contributed by atoms with Gasteiger partial charge in [-0.05, 0) is 65.7 Å². The lowest BCUT2D eigenvalue weighted by Crippen LogP contribution is -2.49. The van der Waals surface area contributed by atoms with E-state index in [1.807, 2.05) is 11.1 Å². The standard InChI is InChI=1S/C23H36N4O2/c1-23(2,3)27-19-12-7-11-18(17(19)15-24-27)25-21(28)20-13-8-14-26(20)22(29)16-9-5-4-6-10-16/h15-16,18,20H,4-14H2,1-3H3,(H,25,28)/t18-,20-/m1/s1. The van der Waals surface area contributed by atoms with Gasteiger partial charge in [-0.15, -0.1) is 0 Å². The first kappa shape index (κ1) is 20.4. The van der Waals surface area contributed by atoms with E-state index in [9.17, 15) is 9.59 Å². The fourth-order valence-electron chi connectivity index (χ4n) is 5.44. The van der Waals surface area contributed by atoms with E-state index in [-0.39, 0.29) is 35.4 Å². The molecule has 1 aromatic heterocycles. The third kappa shape index (κ3) is 4.08. The first-order valence-electron chi connectivity index (χ1n) is 11.5. The Labute approximate surface area is 174 Å². The minimum absolute atomic E-state index is 0.00887. The number of nitrogens with one attached hydrogen (secondary N) is 1. The van der Waals surface area contributed by atoms with E-state index in [1.165, 1.54) is 12.1 Å². The summed E-state index contributed by atoms with van der Waals surface area (Å²) >= 11 is 0. The number of hydrogen-bond acceptors (Lipinski definition) is 3. The van der Waals surface area contributed by atoms with E-state index in [2.05, 4.69) is 35.9 Å². The van der Waals surface area contributed by atoms with E-state index in [1.54, 1.807) is 0 Å². The third-order valence-electron chi connectivity index (χ3n) is 6.93. The number of aromatic nitrogens is 2. The van der Waals surface area contributed by atoms with E-state index >= 15 is 0 Å². The molecule has 0 radical (unpaired) electrons. The molecule has 0 unspecified atom stereocenters. The second kappa shape index (κ2) is 8.11. The number of nitrogens with zero attached hydrogens (tertiary/aromatic N) is 3. The predicted octanol–water partition coefficient (Wildman–Crippen LogP) is 3.70. The van der Waals surface area contributed by atoms with Crippen LogP contribution in [0.4, 0.5) is 0 Å². The molecule has 2 heterocycles. The van der Waals surface area contributed by atoms with Crippen LogP contribution >= 0.6 is 0 Å². The van der Waals surface area contributed by atoms with Gasteiger partial charge in [-0.2, -0.15) is 5.10 Å². The summed E-state index contributed by atoms with van der Waals surface area (Å²) in [6.45, 7) is 7.21. The molecule has 1 N–H and O–H groups in total. The number of rotatable bonds is 3. The van der Waals surface area contributed by atoms with Gasteiger partial charge in [0.05, 0.1) is 17.8 Å². The highest BCUT2D eigenvalue weighted by molar-refractivity contribution is 5.89. The highest BCUT2D eigenvalue weighted by atomic mass is 16.2. The second-order valence-electron chi connectivity index (χ2n) is 10.1. The molecule has 0 bridgehead atoms. The van der Waals surface area contributed by atoms with Crippen molar-refractivity contribution < 1.29 is 9.59 Å². The van der Waals surface area contributed by atoms with Crippen molar-refractivity contribution in [3.63, 3.8) is 0 Å². The van der Waals surface area contributed by atoms with Gasteiger partial charge in [-0.25, -0.2) is 0 Å². The topological polar surface area (TPSA) is 67.2 Å². The maximum atomic E-state index is 13.2. The maximum absolute atomic E-state index is 13.2. The SMILES string of the molecule is CC(C)(C)n1ncc2c1CCC[C@H]2NC(=O)[C@H]1CCCN1C(=O)C1CCCCC1. The molecule has 1 aromatic rings. The zero-order chi connectivity index (χ0) is 20.6. The average Bonchev–Trinajstić information content (AvgIpc) is 3.35. The lowest BCUT2D eigenvalue weighted by atomic mass is 9.88. The highest BCUT2D eigenvalue weighted by Gasteiger charge is 2.38. The summed E-state index contributed by atoms with van der Waals surface area (Å²) < 4.78 is 2.11. The minimum atomic E-state index is -0.299. The van der Waals surface area contributed by atoms with Crippen molar-refractivity contribution in [2.75, 3.05) is 6.54 Å². The zero-order valence-electron chi connectivity index (χ0n) is 18.2. The summed E-state index contributed by atoms with van der Waals surface area (Å²) in [7, 11) is 0. The molecule has 4 rings (SSSR count). The van der Waals surface area contributed by atoms with Crippen molar-refractivity contribution in [2.45, 2.75) is 103 Å². The van der Waals surface area contributed by atoms with Crippen molar-refractivity contribution >= 4 is 11.8 Å². The predicted molar refractivity (Wildman–Crippen MR) is 112 cm³/mol. The van der Waals surface area contributed by atoms with E-state index < -0.39 is 0 Å². The minimum Gasteiger partial charge on any atom is -0.347 e. The quantitative estimate of drug-likeness (QED) is 0.841. The van der Waals surface area contributed by atoms with Gasteiger partial charge < -0.3 is 10.2 Å². The Morgan fingerprint density at radius 3 is 2.52 bits per heavy atom. The van der Waals surface area contributed by atoms with E-state index in [4.69, 9.17) is 0 Å². The van der Waals surface area contributed by atoms with Gasteiger partial charge in [0.25, 0.3) is 0 Å². The van der Waals surface area contributed by atoms with Gasteiger partial charge in [0, 0.05) is 23.7 Å². The number of carbonyl (C=O) groups is 2. The van der Waals surface area contributed by atoms with Crippen LogP contribution in [-0.4, -0.2) is 39.1 Å². The van der Waals surface area contributed by atoms with Gasteiger partial charge >= 0.3 is 0 Å². The van der Waals surface area contributed by atoms with Crippen LogP contribution in [0.25, 0.3) is 0 Å². The molecule has 0 spiro atoms. The summed E-state index contributed by atoms with van der Waals surface area (Å²) in [6, 6.07) is -0.290. The fraction of sp³-hybridized carbons (Fsp3) is 0.783. The molecule has 2 fully saturated rings. The van der Waals surface area contributed by atoms with Crippen LogP contribution in [0.2, 0.25) is 0 Å². The van der Waals surface area contributed by atoms with Gasteiger partial charge in [-0.1, -0.05) is 19.3 Å². The molecular weight excluding hydrogens is 364 g/mol. The van der Waals surface area contributed by atoms with Crippen LogP contribution < -0.4 is 5.32 Å². The summed E-state index contributed by atoms with van der Waals surface area (Å²) in [4.78, 5) is 28.1. The Morgan fingerprint density at radius 2 is 1.79 bits per heavy atom. The normalized spacial score (nSPS) is 25.7. The molecule has 29 heavy (non-hydrogen) atoms. The Bertz CT molecular complexity index is 757. The lowest BCUT2D eigenvalue weighted by Gasteiger charge is -2.32. The highest BCUT2D eigenvalue weighted by Crippen LogP contribution is 2.33. The summed E-state index contributed by atoms with van der Waals surface area (Å²) in [5, 5.41) is 7.91. The third-order valence-corrected chi connectivity index (χ3v) is 6.93. The van der Waals surface area contributed by atoms with Crippen molar-refractivity contribution in [1.82, 2.24) is 20.0 Å². The van der Waals surface area contributed by atoms with Gasteiger partial charge in [-0.3, -0.25) is 14.3 Å². The van der Waals surface area contributed by atoms with Gasteiger partial charge in [0.2, 0.25) is 11.8 Å². The largest absolute Gasteiger partial charge is 0.347 e. The van der Waals surface area contributed by atoms with Gasteiger partial charge in [0.1, 0.15) is 6.04 Å². The Morgan fingerprint density at radius 1 is 1.03 bits per heavy atom. The summed E-state index contributed by atoms with van der Waals surface area (Å²) in [5.74, 6) is 0.365. The van der Waals surface area contributed by atoms with Crippen LogP contribution in [0, 0.1) is 5.92 Å². The molecular formula is C23H36N4O2. The van der Waals surface area contributed by atoms with Crippen molar-refractivity contribution in [1.29, 1.82) is 0 Å². The molecule has 1 saturated carbocycles. The number of likely N-dealkylation sites (tertiary alicyclic amines) is 1. The van der Waals surface area contributed by atoms with Gasteiger partial charge in [0.15, 0.2) is 0 Å². The van der Waals surface area contributed by atoms with Crippen LogP contribution in [0.15, 0.2) is 6.20 Å². The molecule has 0 aromatic carbocycles. The Kier molecular flexibility index (Phi) is 5.71. The van der Waals surface area contributed by atoms with E-state index in [0.29, 0.717) is 0 Å². The van der Waals surface area contributed by atoms with Crippen molar-refractivity contribution in [2.24, 2.45) is 5.92 Å². The molecule has 160 valence electrons. The second-order valence-corrected chi connectivity index (χ2v) is 10.1. The van der Waals surface area contributed by atoms with Crippen molar-refractivity contribution in [3.8, 4) is 0 Å². The molecule has 3 aliphatic rings. The summed E-state index contributed by atoms with van der Waals surface area (Å²) in [6.07, 6.45) is 12.1. The van der Waals surface area contributed by atoms with Crippen LogP contribution in [-0.2, 0) is 21.5 Å². The first-order chi connectivity index (χ1) is 13.9. The molecule has 1 aliphatic heterocycles. The summed E-state index contributed by atoms with van der Waals surface area (Å²) in [5.41, 5.74) is 2.34. The number of carbonyl (C=O) groups excluding carboxylic acids is 2. The zero-order valence-corrected chi connectivity index (χ0v) is 18.2. The lowest BCUT2D eigenvalue weighted by molar-refractivity contribution is -0.142. The van der Waals surface area contributed by atoms with Crippen LogP contribution in [0.5, 0.6) is 0 Å². The molecule has 2 amide bonds. The Balaban J connectivity index is 1.46. The average molecular weight is 401 g/mol. The number of hydrogen-bond donors (Lipinski definition) is 1. The van der Waals surface area contributed by atoms with Crippen molar-refractivity contribution in [3.05, 3.63) is 17.5 Å². The smallest absolute Gasteiger partial charge is 0.243 e. The first-order valence-corrected chi connectivity index (χ1v) is 11.5. The molecule has 1 saturated heterocycles. The molecule has 6 nitrogen and oxygen atoms in total. The number of fused-ring (bicyclic) bond motifs is 1. The molecule has 6 heteroatoms.